The van der Waals surface area contributed by atoms with Gasteiger partial charge < -0.3 is 0 Å². The van der Waals surface area contributed by atoms with Crippen molar-refractivity contribution in [3.05, 3.63) is 114 Å². The second-order valence-corrected chi connectivity index (χ2v) is 7.02. The standard InChI is InChI=1S/C14H16.C13H12/c1-3-12-9-10-14(11(12)2)13-7-5-4-6-8-13;1-11-7-5-6-10-13(11)12-8-3-2-4-9-12/h4-10,12H,3H2,1-2H3;2-10H,1H3. The van der Waals surface area contributed by atoms with Crippen molar-refractivity contribution in [3.63, 3.8) is 0 Å². The number of aryl methyl sites for hydroxylation is 1. The average Bonchev–Trinajstić information content (AvgIpc) is 3.11. The highest BCUT2D eigenvalue weighted by Gasteiger charge is 2.15. The molecule has 1 atom stereocenters. The van der Waals surface area contributed by atoms with E-state index in [1.807, 2.05) is 6.07 Å². The summed E-state index contributed by atoms with van der Waals surface area (Å²) in [5.41, 5.74) is 8.21. The van der Waals surface area contributed by atoms with Crippen LogP contribution >= 0.6 is 0 Å². The highest BCUT2D eigenvalue weighted by atomic mass is 14.2. The molecular formula is C27H28. The molecule has 0 N–H and O–H groups in total. The van der Waals surface area contributed by atoms with E-state index in [0.717, 1.165) is 0 Å². The molecule has 0 amide bonds. The first-order chi connectivity index (χ1) is 13.2. The Morgan fingerprint density at radius 3 is 1.78 bits per heavy atom. The first-order valence-corrected chi connectivity index (χ1v) is 9.76. The van der Waals surface area contributed by atoms with E-state index in [-0.39, 0.29) is 0 Å². The molecule has 0 spiro atoms. The summed E-state index contributed by atoms with van der Waals surface area (Å²) in [7, 11) is 0. The van der Waals surface area contributed by atoms with Crippen LogP contribution in [0.1, 0.15) is 31.4 Å². The Labute approximate surface area is 163 Å². The predicted molar refractivity (Wildman–Crippen MR) is 119 cm³/mol. The maximum atomic E-state index is 2.32. The van der Waals surface area contributed by atoms with Crippen molar-refractivity contribution in [1.82, 2.24) is 0 Å². The zero-order chi connectivity index (χ0) is 19.1. The number of rotatable bonds is 3. The van der Waals surface area contributed by atoms with E-state index in [2.05, 4.69) is 112 Å². The topological polar surface area (TPSA) is 0 Å². The summed E-state index contributed by atoms with van der Waals surface area (Å²) in [4.78, 5) is 0. The summed E-state index contributed by atoms with van der Waals surface area (Å²) in [6, 6.07) is 29.5. The molecule has 27 heavy (non-hydrogen) atoms. The molecule has 3 aromatic rings. The van der Waals surface area contributed by atoms with Crippen molar-refractivity contribution in [3.8, 4) is 11.1 Å². The zero-order valence-corrected chi connectivity index (χ0v) is 16.5. The quantitative estimate of drug-likeness (QED) is 0.452. The van der Waals surface area contributed by atoms with E-state index < -0.39 is 0 Å². The van der Waals surface area contributed by atoms with Gasteiger partial charge in [0.1, 0.15) is 0 Å². The molecule has 0 aromatic heterocycles. The molecule has 0 nitrogen and oxygen atoms in total. The highest BCUT2D eigenvalue weighted by Crippen LogP contribution is 2.33. The van der Waals surface area contributed by atoms with E-state index in [9.17, 15) is 0 Å². The minimum absolute atomic E-state index is 0.658. The molecular weight excluding hydrogens is 324 g/mol. The molecule has 0 aliphatic heterocycles. The van der Waals surface area contributed by atoms with Crippen LogP contribution in [0, 0.1) is 12.8 Å². The summed E-state index contributed by atoms with van der Waals surface area (Å²) >= 11 is 0. The van der Waals surface area contributed by atoms with Gasteiger partial charge in [-0.05, 0) is 54.0 Å². The van der Waals surface area contributed by atoms with Crippen LogP contribution in [0.4, 0.5) is 0 Å². The van der Waals surface area contributed by atoms with Crippen LogP contribution in [-0.4, -0.2) is 0 Å². The van der Waals surface area contributed by atoms with Gasteiger partial charge in [0.15, 0.2) is 0 Å². The van der Waals surface area contributed by atoms with Crippen LogP contribution in [0.5, 0.6) is 0 Å². The molecule has 0 saturated carbocycles. The van der Waals surface area contributed by atoms with Gasteiger partial charge in [-0.15, -0.1) is 0 Å². The van der Waals surface area contributed by atoms with Crippen LogP contribution in [0.3, 0.4) is 0 Å². The minimum atomic E-state index is 0.658. The van der Waals surface area contributed by atoms with Gasteiger partial charge in [-0.1, -0.05) is 110 Å². The fourth-order valence-corrected chi connectivity index (χ4v) is 3.59. The molecule has 0 radical (unpaired) electrons. The Morgan fingerprint density at radius 2 is 1.22 bits per heavy atom. The second-order valence-electron chi connectivity index (χ2n) is 7.02. The molecule has 1 aliphatic carbocycles. The smallest absolute Gasteiger partial charge is 0.00161 e. The Bertz CT molecular complexity index is 915. The van der Waals surface area contributed by atoms with Gasteiger partial charge >= 0.3 is 0 Å². The molecule has 0 saturated heterocycles. The van der Waals surface area contributed by atoms with Crippen molar-refractivity contribution in [2.45, 2.75) is 27.2 Å². The van der Waals surface area contributed by atoms with Gasteiger partial charge in [-0.2, -0.15) is 0 Å². The first kappa shape index (κ1) is 18.9. The van der Waals surface area contributed by atoms with Gasteiger partial charge in [0.25, 0.3) is 0 Å². The number of hydrogen-bond donors (Lipinski definition) is 0. The lowest BCUT2D eigenvalue weighted by Gasteiger charge is -2.08. The maximum absolute atomic E-state index is 2.32. The SMILES string of the molecule is CCC1C=CC(c2ccccc2)=C1C.Cc1ccccc1-c1ccccc1. The number of hydrogen-bond acceptors (Lipinski definition) is 0. The summed E-state index contributed by atoms with van der Waals surface area (Å²) < 4.78 is 0. The molecule has 3 aromatic carbocycles. The lowest BCUT2D eigenvalue weighted by molar-refractivity contribution is 0.740. The zero-order valence-electron chi connectivity index (χ0n) is 16.5. The van der Waals surface area contributed by atoms with Gasteiger partial charge in [0.2, 0.25) is 0 Å². The maximum Gasteiger partial charge on any atom is -0.00161 e. The third-order valence-corrected chi connectivity index (χ3v) is 5.23. The molecule has 4 rings (SSSR count). The average molecular weight is 353 g/mol. The molecule has 136 valence electrons. The van der Waals surface area contributed by atoms with Crippen LogP contribution in [0.25, 0.3) is 16.7 Å². The molecule has 1 unspecified atom stereocenters. The van der Waals surface area contributed by atoms with Crippen molar-refractivity contribution in [1.29, 1.82) is 0 Å². The van der Waals surface area contributed by atoms with Gasteiger partial charge in [-0.25, -0.2) is 0 Å². The minimum Gasteiger partial charge on any atom is -0.0767 e. The third kappa shape index (κ3) is 4.65. The molecule has 0 heteroatoms. The molecule has 0 bridgehead atoms. The molecule has 1 aliphatic rings. The lowest BCUT2D eigenvalue weighted by atomic mass is 9.97. The second kappa shape index (κ2) is 9.19. The molecule has 0 fully saturated rings. The fourth-order valence-electron chi connectivity index (χ4n) is 3.59. The van der Waals surface area contributed by atoms with Crippen LogP contribution in [0.15, 0.2) is 103 Å². The van der Waals surface area contributed by atoms with Crippen LogP contribution < -0.4 is 0 Å². The third-order valence-electron chi connectivity index (χ3n) is 5.23. The largest absolute Gasteiger partial charge is 0.0767 e. The first-order valence-electron chi connectivity index (χ1n) is 9.76. The molecule has 0 heterocycles. The summed E-state index contributed by atoms with van der Waals surface area (Å²) in [5, 5.41) is 0. The van der Waals surface area contributed by atoms with Gasteiger partial charge in [-0.3, -0.25) is 0 Å². The van der Waals surface area contributed by atoms with E-state index in [0.29, 0.717) is 5.92 Å². The van der Waals surface area contributed by atoms with Crippen molar-refractivity contribution < 1.29 is 0 Å². The Kier molecular flexibility index (Phi) is 6.44. The van der Waals surface area contributed by atoms with E-state index in [4.69, 9.17) is 0 Å². The van der Waals surface area contributed by atoms with E-state index in [1.54, 1.807) is 0 Å². The summed E-state index contributed by atoms with van der Waals surface area (Å²) in [6.07, 6.45) is 5.79. The van der Waals surface area contributed by atoms with E-state index in [1.165, 1.54) is 39.8 Å². The van der Waals surface area contributed by atoms with Crippen molar-refractivity contribution in [2.24, 2.45) is 5.92 Å². The van der Waals surface area contributed by atoms with Gasteiger partial charge in [0.05, 0.1) is 0 Å². The van der Waals surface area contributed by atoms with E-state index >= 15 is 0 Å². The lowest BCUT2D eigenvalue weighted by Crippen LogP contribution is -1.92. The Hall–Kier alpha value is -2.86. The van der Waals surface area contributed by atoms with Crippen LogP contribution in [0.2, 0.25) is 0 Å². The number of benzene rings is 3. The highest BCUT2D eigenvalue weighted by molar-refractivity contribution is 5.79. The monoisotopic (exact) mass is 352 g/mol. The predicted octanol–water partition coefficient (Wildman–Crippen LogP) is 7.72. The van der Waals surface area contributed by atoms with Crippen LogP contribution in [-0.2, 0) is 0 Å². The fraction of sp³-hybridized carbons (Fsp3) is 0.185. The van der Waals surface area contributed by atoms with Gasteiger partial charge in [0, 0.05) is 0 Å². The van der Waals surface area contributed by atoms with Crippen molar-refractivity contribution >= 4 is 5.57 Å². The normalized spacial score (nSPS) is 15.4. The summed E-state index contributed by atoms with van der Waals surface area (Å²) in [6.45, 7) is 6.63. The Morgan fingerprint density at radius 1 is 0.667 bits per heavy atom. The summed E-state index contributed by atoms with van der Waals surface area (Å²) in [5.74, 6) is 0.658. The van der Waals surface area contributed by atoms with Crippen molar-refractivity contribution in [2.75, 3.05) is 0 Å². The number of allylic oxidation sites excluding steroid dienone is 4. The Balaban J connectivity index is 0.000000156.